The van der Waals surface area contributed by atoms with Gasteiger partial charge in [0.1, 0.15) is 0 Å². The zero-order valence-corrected chi connectivity index (χ0v) is 8.07. The molecule has 0 aliphatic heterocycles. The first-order chi connectivity index (χ1) is 5.52. The Morgan fingerprint density at radius 2 is 2.00 bits per heavy atom. The first-order valence-corrected chi connectivity index (χ1v) is 5.35. The number of amides is 1. The molecule has 5 nitrogen and oxygen atoms in total. The maximum atomic E-state index is 11.0. The van der Waals surface area contributed by atoms with Gasteiger partial charge in [0.15, 0.2) is 0 Å². The van der Waals surface area contributed by atoms with Crippen molar-refractivity contribution < 1.29 is 13.2 Å². The Kier molecular flexibility index (Phi) is 4.84. The van der Waals surface area contributed by atoms with E-state index < -0.39 is 10.0 Å². The molecule has 0 aliphatic carbocycles. The zero-order chi connectivity index (χ0) is 9.61. The predicted molar refractivity (Wildman–Crippen MR) is 46.1 cm³/mol. The minimum atomic E-state index is -3.25. The van der Waals surface area contributed by atoms with Crippen LogP contribution >= 0.6 is 0 Å². The topological polar surface area (TPSA) is 75.3 Å². The van der Waals surface area contributed by atoms with Crippen LogP contribution in [0.15, 0.2) is 0 Å². The number of rotatable bonds is 5. The van der Waals surface area contributed by atoms with E-state index in [1.165, 1.54) is 7.05 Å². The van der Waals surface area contributed by atoms with E-state index >= 15 is 0 Å². The maximum Gasteiger partial charge on any atom is 0.234 e. The number of nitrogens with one attached hydrogen (secondary N) is 2. The van der Waals surface area contributed by atoms with Gasteiger partial charge < -0.3 is 5.32 Å². The van der Waals surface area contributed by atoms with E-state index in [-0.39, 0.29) is 18.2 Å². The van der Waals surface area contributed by atoms with Crippen molar-refractivity contribution in [3.63, 3.8) is 0 Å². The highest BCUT2D eigenvalue weighted by molar-refractivity contribution is 7.89. The third-order valence-electron chi connectivity index (χ3n) is 1.20. The van der Waals surface area contributed by atoms with Gasteiger partial charge in [0, 0.05) is 7.05 Å². The van der Waals surface area contributed by atoms with Gasteiger partial charge in [0.25, 0.3) is 0 Å². The third kappa shape index (κ3) is 5.09. The molecule has 0 heterocycles. The predicted octanol–water partition coefficient (Wildman–Crippen LogP) is -0.938. The van der Waals surface area contributed by atoms with Crippen LogP contribution in [0.25, 0.3) is 0 Å². The minimum absolute atomic E-state index is 0.0595. The van der Waals surface area contributed by atoms with E-state index in [0.717, 1.165) is 0 Å². The smallest absolute Gasteiger partial charge is 0.234 e. The molecule has 0 saturated carbocycles. The fraction of sp³-hybridized carbons (Fsp3) is 0.833. The molecular formula is C6H14N2O3S. The lowest BCUT2D eigenvalue weighted by Gasteiger charge is -2.03. The first-order valence-electron chi connectivity index (χ1n) is 3.69. The molecule has 2 N–H and O–H groups in total. The molecule has 0 aromatic carbocycles. The van der Waals surface area contributed by atoms with Gasteiger partial charge in [-0.15, -0.1) is 0 Å². The van der Waals surface area contributed by atoms with Gasteiger partial charge in [-0.2, -0.15) is 0 Å². The molecule has 0 aromatic heterocycles. The third-order valence-corrected chi connectivity index (χ3v) is 2.73. The van der Waals surface area contributed by atoms with Crippen molar-refractivity contribution in [2.45, 2.75) is 13.3 Å². The Hall–Kier alpha value is -0.620. The van der Waals surface area contributed by atoms with Crippen molar-refractivity contribution in [3.05, 3.63) is 0 Å². The lowest BCUT2D eigenvalue weighted by atomic mass is 10.6. The Balaban J connectivity index is 3.84. The van der Waals surface area contributed by atoms with Crippen LogP contribution in [0.3, 0.4) is 0 Å². The van der Waals surface area contributed by atoms with Crippen LogP contribution in [-0.2, 0) is 14.8 Å². The standard InChI is InChI=1S/C6H14N2O3S/c1-3-4-12(10,11)8-5-6(9)7-2/h8H,3-5H2,1-2H3,(H,7,9). The van der Waals surface area contributed by atoms with Crippen molar-refractivity contribution in [2.24, 2.45) is 0 Å². The number of hydrogen-bond donors (Lipinski definition) is 2. The molecule has 0 atom stereocenters. The van der Waals surface area contributed by atoms with Crippen molar-refractivity contribution in [2.75, 3.05) is 19.3 Å². The van der Waals surface area contributed by atoms with Crippen LogP contribution in [0.1, 0.15) is 13.3 Å². The molecule has 0 aliphatic rings. The summed E-state index contributed by atoms with van der Waals surface area (Å²) in [5.74, 6) is -0.279. The highest BCUT2D eigenvalue weighted by Gasteiger charge is 2.09. The zero-order valence-electron chi connectivity index (χ0n) is 7.25. The van der Waals surface area contributed by atoms with E-state index in [9.17, 15) is 13.2 Å². The summed E-state index contributed by atoms with van der Waals surface area (Å²) in [6, 6.07) is 0. The van der Waals surface area contributed by atoms with Crippen molar-refractivity contribution in [3.8, 4) is 0 Å². The van der Waals surface area contributed by atoms with Gasteiger partial charge in [-0.1, -0.05) is 6.92 Å². The molecule has 72 valence electrons. The van der Waals surface area contributed by atoms with E-state index in [4.69, 9.17) is 0 Å². The Morgan fingerprint density at radius 1 is 1.42 bits per heavy atom. The maximum absolute atomic E-state index is 11.0. The van der Waals surface area contributed by atoms with Gasteiger partial charge in [0.2, 0.25) is 15.9 Å². The quantitative estimate of drug-likeness (QED) is 0.593. The molecule has 0 saturated heterocycles. The normalized spacial score (nSPS) is 11.2. The van der Waals surface area contributed by atoms with Crippen LogP contribution in [-0.4, -0.2) is 33.7 Å². The van der Waals surface area contributed by atoms with Crippen LogP contribution in [0.2, 0.25) is 0 Å². The highest BCUT2D eigenvalue weighted by Crippen LogP contribution is 1.86. The Bertz CT molecular complexity index is 235. The summed E-state index contributed by atoms with van der Waals surface area (Å²) < 4.78 is 24.1. The van der Waals surface area contributed by atoms with Crippen LogP contribution in [0.5, 0.6) is 0 Å². The minimum Gasteiger partial charge on any atom is -0.358 e. The van der Waals surface area contributed by atoms with Crippen LogP contribution in [0, 0.1) is 0 Å². The monoisotopic (exact) mass is 194 g/mol. The molecule has 1 amide bonds. The lowest BCUT2D eigenvalue weighted by molar-refractivity contribution is -0.119. The molecular weight excluding hydrogens is 180 g/mol. The van der Waals surface area contributed by atoms with E-state index in [0.29, 0.717) is 6.42 Å². The molecule has 0 spiro atoms. The molecule has 0 unspecified atom stereocenters. The summed E-state index contributed by atoms with van der Waals surface area (Å²) in [5.41, 5.74) is 0. The SMILES string of the molecule is CCCS(=O)(=O)NCC(=O)NC. The number of likely N-dealkylation sites (N-methyl/N-ethyl adjacent to an activating group) is 1. The van der Waals surface area contributed by atoms with Crippen molar-refractivity contribution >= 4 is 15.9 Å². The van der Waals surface area contributed by atoms with E-state index in [1.54, 1.807) is 6.92 Å². The summed E-state index contributed by atoms with van der Waals surface area (Å²) in [6.07, 6.45) is 0.545. The van der Waals surface area contributed by atoms with E-state index in [1.807, 2.05) is 0 Å². The fourth-order valence-corrected chi connectivity index (χ4v) is 1.64. The Morgan fingerprint density at radius 3 is 2.42 bits per heavy atom. The molecule has 0 fully saturated rings. The summed E-state index contributed by atoms with van der Waals surface area (Å²) >= 11 is 0. The second-order valence-corrected chi connectivity index (χ2v) is 4.24. The largest absolute Gasteiger partial charge is 0.358 e. The molecule has 12 heavy (non-hydrogen) atoms. The molecule has 0 radical (unpaired) electrons. The van der Waals surface area contributed by atoms with Crippen molar-refractivity contribution in [1.82, 2.24) is 10.0 Å². The van der Waals surface area contributed by atoms with Gasteiger partial charge in [-0.25, -0.2) is 13.1 Å². The summed E-state index contributed by atoms with van der Waals surface area (Å²) in [6.45, 7) is 1.58. The van der Waals surface area contributed by atoms with E-state index in [2.05, 4.69) is 10.0 Å². The fourth-order valence-electron chi connectivity index (χ4n) is 0.605. The van der Waals surface area contributed by atoms with Gasteiger partial charge in [-0.05, 0) is 6.42 Å². The lowest BCUT2D eigenvalue weighted by Crippen LogP contribution is -2.36. The number of hydrogen-bond acceptors (Lipinski definition) is 3. The van der Waals surface area contributed by atoms with Gasteiger partial charge in [-0.3, -0.25) is 4.79 Å². The highest BCUT2D eigenvalue weighted by atomic mass is 32.2. The average Bonchev–Trinajstić information content (AvgIpc) is 2.00. The number of carbonyl (C=O) groups is 1. The second-order valence-electron chi connectivity index (χ2n) is 2.31. The summed E-state index contributed by atoms with van der Waals surface area (Å²) in [4.78, 5) is 10.6. The first kappa shape index (κ1) is 11.4. The van der Waals surface area contributed by atoms with Crippen molar-refractivity contribution in [1.29, 1.82) is 0 Å². The molecule has 0 rings (SSSR count). The number of carbonyl (C=O) groups excluding carboxylic acids is 1. The molecule has 0 aromatic rings. The second kappa shape index (κ2) is 5.10. The van der Waals surface area contributed by atoms with Crippen LogP contribution < -0.4 is 10.0 Å². The molecule has 6 heteroatoms. The molecule has 0 bridgehead atoms. The number of sulfonamides is 1. The average molecular weight is 194 g/mol. The van der Waals surface area contributed by atoms with Gasteiger partial charge in [0.05, 0.1) is 12.3 Å². The summed E-state index contributed by atoms with van der Waals surface area (Å²) in [5, 5.41) is 2.31. The van der Waals surface area contributed by atoms with Gasteiger partial charge >= 0.3 is 0 Å². The van der Waals surface area contributed by atoms with Crippen LogP contribution in [0.4, 0.5) is 0 Å². The summed E-state index contributed by atoms with van der Waals surface area (Å²) in [7, 11) is -1.79. The Labute approximate surface area is 72.6 Å².